The standard InChI is InChI=1S/C19H27ClN6O2/c1-2-21-18(22-9-11-26-17(27)12-23-19(26)28)24-14-6-5-10-25(13-14)16-8-4-3-7-15(16)20/h3-4,7-8,14H,2,5-6,9-13H2,1H3,(H,23,28)(H2,21,22,24). The molecule has 0 saturated carbocycles. The Labute approximate surface area is 170 Å². The lowest BCUT2D eigenvalue weighted by molar-refractivity contribution is -0.124. The molecule has 3 rings (SSSR count). The highest BCUT2D eigenvalue weighted by Crippen LogP contribution is 2.27. The Morgan fingerprint density at radius 3 is 2.89 bits per heavy atom. The Morgan fingerprint density at radius 1 is 1.36 bits per heavy atom. The van der Waals surface area contributed by atoms with Gasteiger partial charge in [-0.15, -0.1) is 0 Å². The second-order valence-corrected chi connectivity index (χ2v) is 7.25. The van der Waals surface area contributed by atoms with Crippen LogP contribution >= 0.6 is 11.6 Å². The van der Waals surface area contributed by atoms with Crippen LogP contribution < -0.4 is 20.9 Å². The van der Waals surface area contributed by atoms with E-state index in [1.807, 2.05) is 31.2 Å². The fourth-order valence-corrected chi connectivity index (χ4v) is 3.73. The highest BCUT2D eigenvalue weighted by atomic mass is 35.5. The molecule has 8 nitrogen and oxygen atoms in total. The van der Waals surface area contributed by atoms with Crippen LogP contribution in [0.3, 0.4) is 0 Å². The highest BCUT2D eigenvalue weighted by Gasteiger charge is 2.27. The first-order valence-corrected chi connectivity index (χ1v) is 10.1. The van der Waals surface area contributed by atoms with E-state index in [9.17, 15) is 9.59 Å². The van der Waals surface area contributed by atoms with Crippen molar-refractivity contribution in [2.45, 2.75) is 25.8 Å². The molecule has 0 radical (unpaired) electrons. The molecule has 152 valence electrons. The second-order valence-electron chi connectivity index (χ2n) is 6.85. The van der Waals surface area contributed by atoms with Gasteiger partial charge >= 0.3 is 6.03 Å². The van der Waals surface area contributed by atoms with E-state index in [1.54, 1.807) is 0 Å². The summed E-state index contributed by atoms with van der Waals surface area (Å²) < 4.78 is 0. The van der Waals surface area contributed by atoms with Crippen molar-refractivity contribution in [2.75, 3.05) is 44.2 Å². The molecule has 2 saturated heterocycles. The number of carbonyl (C=O) groups excluding carboxylic acids is 2. The SMILES string of the molecule is CCNC(=NCCN1C(=O)CNC1=O)NC1CCCN(c2ccccc2Cl)C1. The van der Waals surface area contributed by atoms with Gasteiger partial charge in [-0.1, -0.05) is 23.7 Å². The normalized spacial score (nSPS) is 20.4. The van der Waals surface area contributed by atoms with Gasteiger partial charge in [-0.05, 0) is 31.9 Å². The van der Waals surface area contributed by atoms with Crippen molar-refractivity contribution in [1.29, 1.82) is 0 Å². The largest absolute Gasteiger partial charge is 0.368 e. The first-order chi connectivity index (χ1) is 13.6. The van der Waals surface area contributed by atoms with Gasteiger partial charge in [0.25, 0.3) is 0 Å². The molecule has 9 heteroatoms. The quantitative estimate of drug-likeness (QED) is 0.377. The van der Waals surface area contributed by atoms with Crippen LogP contribution in [0.4, 0.5) is 10.5 Å². The third-order valence-corrected chi connectivity index (χ3v) is 5.15. The molecule has 3 amide bonds. The maximum atomic E-state index is 11.6. The monoisotopic (exact) mass is 406 g/mol. The van der Waals surface area contributed by atoms with Crippen LogP contribution in [0.2, 0.25) is 5.02 Å². The first kappa shape index (κ1) is 20.3. The summed E-state index contributed by atoms with van der Waals surface area (Å²) >= 11 is 6.35. The van der Waals surface area contributed by atoms with Crippen LogP contribution in [0, 0.1) is 0 Å². The number of carbonyl (C=O) groups is 2. The van der Waals surface area contributed by atoms with E-state index in [2.05, 4.69) is 25.8 Å². The number of halogens is 1. The maximum Gasteiger partial charge on any atom is 0.324 e. The van der Waals surface area contributed by atoms with Gasteiger partial charge in [0.15, 0.2) is 5.96 Å². The van der Waals surface area contributed by atoms with Crippen molar-refractivity contribution in [3.63, 3.8) is 0 Å². The number of anilines is 1. The Bertz CT molecular complexity index is 725. The van der Waals surface area contributed by atoms with Crippen molar-refractivity contribution in [1.82, 2.24) is 20.9 Å². The maximum absolute atomic E-state index is 11.6. The number of nitrogens with zero attached hydrogens (tertiary/aromatic N) is 3. The number of rotatable bonds is 6. The molecule has 0 aromatic heterocycles. The zero-order valence-corrected chi connectivity index (χ0v) is 16.8. The van der Waals surface area contributed by atoms with Crippen LogP contribution in [0.15, 0.2) is 29.3 Å². The van der Waals surface area contributed by atoms with Gasteiger partial charge in [0.1, 0.15) is 0 Å². The van der Waals surface area contributed by atoms with Gasteiger partial charge in [0.2, 0.25) is 5.91 Å². The van der Waals surface area contributed by atoms with Crippen LogP contribution in [0.25, 0.3) is 0 Å². The molecule has 3 N–H and O–H groups in total. The number of urea groups is 1. The van der Waals surface area contributed by atoms with Crippen molar-refractivity contribution < 1.29 is 9.59 Å². The molecule has 1 atom stereocenters. The first-order valence-electron chi connectivity index (χ1n) is 9.71. The summed E-state index contributed by atoms with van der Waals surface area (Å²) in [5.74, 6) is 0.487. The number of piperidine rings is 1. The number of nitrogens with one attached hydrogen (secondary N) is 3. The average Bonchev–Trinajstić information content (AvgIpc) is 3.01. The summed E-state index contributed by atoms with van der Waals surface area (Å²) in [7, 11) is 0. The molecular weight excluding hydrogens is 380 g/mol. The summed E-state index contributed by atoms with van der Waals surface area (Å²) in [5.41, 5.74) is 1.05. The number of aliphatic imine (C=N–C) groups is 1. The number of benzene rings is 1. The highest BCUT2D eigenvalue weighted by molar-refractivity contribution is 6.33. The van der Waals surface area contributed by atoms with Crippen LogP contribution in [-0.2, 0) is 4.79 Å². The number of imide groups is 1. The lowest BCUT2D eigenvalue weighted by atomic mass is 10.0. The smallest absolute Gasteiger partial charge is 0.324 e. The predicted molar refractivity (Wildman–Crippen MR) is 111 cm³/mol. The molecule has 2 aliphatic heterocycles. The van der Waals surface area contributed by atoms with Gasteiger partial charge in [-0.2, -0.15) is 0 Å². The van der Waals surface area contributed by atoms with Gasteiger partial charge < -0.3 is 20.9 Å². The minimum Gasteiger partial charge on any atom is -0.368 e. The zero-order valence-electron chi connectivity index (χ0n) is 16.1. The molecule has 2 heterocycles. The fourth-order valence-electron chi connectivity index (χ4n) is 3.48. The van der Waals surface area contributed by atoms with Crippen LogP contribution in [0.1, 0.15) is 19.8 Å². The molecule has 1 aromatic carbocycles. The Morgan fingerprint density at radius 2 is 2.18 bits per heavy atom. The van der Waals surface area contributed by atoms with E-state index in [-0.39, 0.29) is 31.1 Å². The van der Waals surface area contributed by atoms with Crippen molar-refractivity contribution in [3.8, 4) is 0 Å². The minimum atomic E-state index is -0.346. The molecule has 28 heavy (non-hydrogen) atoms. The Balaban J connectivity index is 1.57. The molecule has 2 aliphatic rings. The topological polar surface area (TPSA) is 89.1 Å². The van der Waals surface area contributed by atoms with Gasteiger partial charge in [0, 0.05) is 25.7 Å². The summed E-state index contributed by atoms with van der Waals surface area (Å²) in [6.45, 7) is 5.25. The van der Waals surface area contributed by atoms with Gasteiger partial charge in [-0.25, -0.2) is 4.79 Å². The van der Waals surface area contributed by atoms with Crippen LogP contribution in [-0.4, -0.2) is 68.1 Å². The fraction of sp³-hybridized carbons (Fsp3) is 0.526. The molecule has 0 aliphatic carbocycles. The van der Waals surface area contributed by atoms with E-state index in [0.29, 0.717) is 12.5 Å². The lowest BCUT2D eigenvalue weighted by Gasteiger charge is -2.35. The zero-order chi connectivity index (χ0) is 19.9. The summed E-state index contributed by atoms with van der Waals surface area (Å²) in [6.07, 6.45) is 2.10. The molecular formula is C19H27ClN6O2. The van der Waals surface area contributed by atoms with E-state index in [0.717, 1.165) is 43.2 Å². The number of para-hydroxylation sites is 1. The molecule has 1 aromatic rings. The van der Waals surface area contributed by atoms with Crippen molar-refractivity contribution in [3.05, 3.63) is 29.3 Å². The molecule has 2 fully saturated rings. The summed E-state index contributed by atoms with van der Waals surface area (Å²) in [5, 5.41) is 9.98. The molecule has 0 bridgehead atoms. The third-order valence-electron chi connectivity index (χ3n) is 4.83. The van der Waals surface area contributed by atoms with E-state index < -0.39 is 0 Å². The number of guanidine groups is 1. The van der Waals surface area contributed by atoms with E-state index in [1.165, 1.54) is 4.90 Å². The predicted octanol–water partition coefficient (Wildman–Crippen LogP) is 1.42. The average molecular weight is 407 g/mol. The van der Waals surface area contributed by atoms with Crippen molar-refractivity contribution in [2.24, 2.45) is 4.99 Å². The lowest BCUT2D eigenvalue weighted by Crippen LogP contribution is -2.51. The Kier molecular flexibility index (Phi) is 6.97. The Hall–Kier alpha value is -2.48. The minimum absolute atomic E-state index is 0.0703. The number of amides is 3. The van der Waals surface area contributed by atoms with Crippen LogP contribution in [0.5, 0.6) is 0 Å². The molecule has 0 spiro atoms. The second kappa shape index (κ2) is 9.64. The van der Waals surface area contributed by atoms with Gasteiger partial charge in [0.05, 0.1) is 30.3 Å². The van der Waals surface area contributed by atoms with E-state index in [4.69, 9.17) is 11.6 Å². The number of hydrogen-bond acceptors (Lipinski definition) is 4. The number of hydrogen-bond donors (Lipinski definition) is 3. The van der Waals surface area contributed by atoms with Gasteiger partial charge in [-0.3, -0.25) is 14.7 Å². The summed E-state index contributed by atoms with van der Waals surface area (Å²) in [6, 6.07) is 7.78. The van der Waals surface area contributed by atoms with Crippen molar-refractivity contribution >= 4 is 35.2 Å². The van der Waals surface area contributed by atoms with E-state index >= 15 is 0 Å². The molecule has 1 unspecified atom stereocenters. The summed E-state index contributed by atoms with van der Waals surface area (Å²) in [4.78, 5) is 31.3. The third kappa shape index (κ3) is 5.07.